The second-order valence-corrected chi connectivity index (χ2v) is 6.19. The Kier molecular flexibility index (Phi) is 2.58. The lowest BCUT2D eigenvalue weighted by atomic mass is 9.54. The molecule has 2 aliphatic carbocycles. The van der Waals surface area contributed by atoms with E-state index in [-0.39, 0.29) is 31.0 Å². The van der Waals surface area contributed by atoms with Crippen LogP contribution in [0.4, 0.5) is 0 Å². The van der Waals surface area contributed by atoms with E-state index in [1.807, 2.05) is 13.0 Å². The summed E-state index contributed by atoms with van der Waals surface area (Å²) in [5, 5.41) is 19.9. The number of aliphatic hydroxyl groups is 2. The first-order valence-corrected chi connectivity index (χ1v) is 6.71. The number of fused-ring (bicyclic) bond motifs is 3. The Balaban J connectivity index is 1.97. The molecule has 3 rings (SSSR count). The van der Waals surface area contributed by atoms with Gasteiger partial charge in [0.15, 0.2) is 0 Å². The zero-order valence-corrected chi connectivity index (χ0v) is 10.6. The van der Waals surface area contributed by atoms with Crippen LogP contribution in [0.3, 0.4) is 0 Å². The first-order chi connectivity index (χ1) is 8.51. The van der Waals surface area contributed by atoms with Crippen molar-refractivity contribution in [3.63, 3.8) is 0 Å². The average molecular weight is 252 g/mol. The van der Waals surface area contributed by atoms with Gasteiger partial charge in [-0.25, -0.2) is 0 Å². The number of allylic oxidation sites excluding steroid dienone is 1. The molecule has 5 atom stereocenters. The maximum atomic E-state index is 12.1. The Morgan fingerprint density at radius 1 is 1.50 bits per heavy atom. The van der Waals surface area contributed by atoms with Crippen LogP contribution in [-0.2, 0) is 9.53 Å². The van der Waals surface area contributed by atoms with Crippen molar-refractivity contribution in [2.75, 3.05) is 13.2 Å². The third-order valence-corrected chi connectivity index (χ3v) is 5.37. The van der Waals surface area contributed by atoms with Crippen molar-refractivity contribution < 1.29 is 19.7 Å². The standard InChI is InChI=1S/C14H20O4/c1-13-11-3-2-9(7-15)6-10(11)4-5-14(13,17)8-18-12(13)16/h4-5,9-11,15,17H,2-3,6-8H2,1H3. The van der Waals surface area contributed by atoms with Gasteiger partial charge < -0.3 is 14.9 Å². The van der Waals surface area contributed by atoms with E-state index in [1.54, 1.807) is 6.08 Å². The molecule has 4 nitrogen and oxygen atoms in total. The Labute approximate surface area is 107 Å². The van der Waals surface area contributed by atoms with Crippen molar-refractivity contribution in [3.05, 3.63) is 12.2 Å². The lowest BCUT2D eigenvalue weighted by Gasteiger charge is -2.49. The number of rotatable bonds is 1. The molecule has 0 aromatic carbocycles. The molecule has 5 unspecified atom stereocenters. The Morgan fingerprint density at radius 2 is 2.28 bits per heavy atom. The fourth-order valence-electron chi connectivity index (χ4n) is 4.02. The first kappa shape index (κ1) is 12.2. The van der Waals surface area contributed by atoms with Gasteiger partial charge in [-0.1, -0.05) is 12.2 Å². The predicted octanol–water partition coefficient (Wildman–Crippen LogP) is 0.875. The fourth-order valence-corrected chi connectivity index (χ4v) is 4.02. The molecule has 0 bridgehead atoms. The highest BCUT2D eigenvalue weighted by atomic mass is 16.6. The number of carbonyl (C=O) groups is 1. The first-order valence-electron chi connectivity index (χ1n) is 6.71. The Bertz CT molecular complexity index is 405. The highest BCUT2D eigenvalue weighted by Gasteiger charge is 2.65. The van der Waals surface area contributed by atoms with E-state index in [0.29, 0.717) is 5.92 Å². The molecule has 0 aromatic heterocycles. The molecular formula is C14H20O4. The monoisotopic (exact) mass is 252 g/mol. The van der Waals surface area contributed by atoms with Gasteiger partial charge in [0.25, 0.3) is 0 Å². The zero-order valence-electron chi connectivity index (χ0n) is 10.6. The fraction of sp³-hybridized carbons (Fsp3) is 0.786. The van der Waals surface area contributed by atoms with Crippen LogP contribution in [0.15, 0.2) is 12.2 Å². The van der Waals surface area contributed by atoms with E-state index >= 15 is 0 Å². The number of aliphatic hydroxyl groups excluding tert-OH is 1. The molecular weight excluding hydrogens is 232 g/mol. The zero-order chi connectivity index (χ0) is 13.0. The molecule has 0 amide bonds. The van der Waals surface area contributed by atoms with Crippen LogP contribution in [0.1, 0.15) is 26.2 Å². The number of esters is 1. The molecule has 0 aromatic rings. The minimum absolute atomic E-state index is 0.0749. The molecule has 1 saturated carbocycles. The number of hydrogen-bond acceptors (Lipinski definition) is 4. The van der Waals surface area contributed by atoms with Crippen molar-refractivity contribution in [2.24, 2.45) is 23.2 Å². The lowest BCUT2D eigenvalue weighted by molar-refractivity contribution is -0.154. The molecule has 1 heterocycles. The van der Waals surface area contributed by atoms with E-state index in [9.17, 15) is 15.0 Å². The summed E-state index contributed by atoms with van der Waals surface area (Å²) in [7, 11) is 0. The topological polar surface area (TPSA) is 66.8 Å². The van der Waals surface area contributed by atoms with Gasteiger partial charge in [-0.15, -0.1) is 0 Å². The summed E-state index contributed by atoms with van der Waals surface area (Å²) in [6.45, 7) is 2.12. The van der Waals surface area contributed by atoms with Crippen LogP contribution in [-0.4, -0.2) is 35.0 Å². The third-order valence-electron chi connectivity index (χ3n) is 5.37. The van der Waals surface area contributed by atoms with E-state index in [4.69, 9.17) is 4.74 Å². The highest BCUT2D eigenvalue weighted by molar-refractivity contribution is 5.82. The van der Waals surface area contributed by atoms with Crippen LogP contribution < -0.4 is 0 Å². The lowest BCUT2D eigenvalue weighted by Crippen LogP contribution is -2.55. The third kappa shape index (κ3) is 1.36. The summed E-state index contributed by atoms with van der Waals surface area (Å²) < 4.78 is 5.12. The maximum absolute atomic E-state index is 12.1. The Morgan fingerprint density at radius 3 is 3.00 bits per heavy atom. The van der Waals surface area contributed by atoms with Crippen molar-refractivity contribution >= 4 is 5.97 Å². The number of ether oxygens (including phenoxy) is 1. The summed E-state index contributed by atoms with van der Waals surface area (Å²) >= 11 is 0. The SMILES string of the molecule is CC12C(=O)OCC1(O)C=CC1CC(CO)CCC12. The molecule has 0 radical (unpaired) electrons. The van der Waals surface area contributed by atoms with E-state index in [0.717, 1.165) is 19.3 Å². The predicted molar refractivity (Wildman–Crippen MR) is 64.6 cm³/mol. The van der Waals surface area contributed by atoms with Gasteiger partial charge in [-0.05, 0) is 43.9 Å². The molecule has 2 fully saturated rings. The van der Waals surface area contributed by atoms with E-state index in [1.165, 1.54) is 0 Å². The normalized spacial score (nSPS) is 50.6. The van der Waals surface area contributed by atoms with Crippen LogP contribution in [0.5, 0.6) is 0 Å². The minimum Gasteiger partial charge on any atom is -0.462 e. The van der Waals surface area contributed by atoms with Crippen LogP contribution in [0.2, 0.25) is 0 Å². The second kappa shape index (κ2) is 3.81. The molecule has 1 aliphatic heterocycles. The molecule has 100 valence electrons. The average Bonchev–Trinajstić information content (AvgIpc) is 2.63. The quantitative estimate of drug-likeness (QED) is 0.537. The molecule has 2 N–H and O–H groups in total. The summed E-state index contributed by atoms with van der Waals surface area (Å²) in [4.78, 5) is 12.1. The molecule has 3 aliphatic rings. The minimum atomic E-state index is -1.14. The van der Waals surface area contributed by atoms with Crippen molar-refractivity contribution in [1.82, 2.24) is 0 Å². The van der Waals surface area contributed by atoms with Gasteiger partial charge in [0.05, 0.1) is 0 Å². The van der Waals surface area contributed by atoms with Crippen LogP contribution in [0.25, 0.3) is 0 Å². The van der Waals surface area contributed by atoms with Gasteiger partial charge in [0.2, 0.25) is 0 Å². The molecule has 18 heavy (non-hydrogen) atoms. The van der Waals surface area contributed by atoms with Crippen molar-refractivity contribution in [2.45, 2.75) is 31.8 Å². The molecule has 0 spiro atoms. The summed E-state index contributed by atoms with van der Waals surface area (Å²) in [6.07, 6.45) is 6.46. The summed E-state index contributed by atoms with van der Waals surface area (Å²) in [5.41, 5.74) is -1.95. The van der Waals surface area contributed by atoms with Gasteiger partial charge in [-0.3, -0.25) is 4.79 Å². The molecule has 1 saturated heterocycles. The smallest absolute Gasteiger partial charge is 0.315 e. The Hall–Kier alpha value is -0.870. The number of carbonyl (C=O) groups excluding carboxylic acids is 1. The highest BCUT2D eigenvalue weighted by Crippen LogP contribution is 2.56. The second-order valence-electron chi connectivity index (χ2n) is 6.19. The van der Waals surface area contributed by atoms with E-state index < -0.39 is 11.0 Å². The van der Waals surface area contributed by atoms with Crippen molar-refractivity contribution in [3.8, 4) is 0 Å². The molecule has 4 heteroatoms. The van der Waals surface area contributed by atoms with E-state index in [2.05, 4.69) is 0 Å². The van der Waals surface area contributed by atoms with Gasteiger partial charge >= 0.3 is 5.97 Å². The maximum Gasteiger partial charge on any atom is 0.315 e. The van der Waals surface area contributed by atoms with Gasteiger partial charge in [0, 0.05) is 6.61 Å². The summed E-state index contributed by atoms with van der Waals surface area (Å²) in [6, 6.07) is 0. The largest absolute Gasteiger partial charge is 0.462 e. The number of hydrogen-bond donors (Lipinski definition) is 2. The van der Waals surface area contributed by atoms with Crippen LogP contribution >= 0.6 is 0 Å². The van der Waals surface area contributed by atoms with Gasteiger partial charge in [0.1, 0.15) is 17.6 Å². The van der Waals surface area contributed by atoms with Crippen LogP contribution in [0, 0.1) is 23.2 Å². The summed E-state index contributed by atoms with van der Waals surface area (Å²) in [5.74, 6) is 0.451. The number of cyclic esters (lactones) is 1. The van der Waals surface area contributed by atoms with Gasteiger partial charge in [-0.2, -0.15) is 0 Å². The van der Waals surface area contributed by atoms with Crippen molar-refractivity contribution in [1.29, 1.82) is 0 Å².